The van der Waals surface area contributed by atoms with Gasteiger partial charge < -0.3 is 19.5 Å². The lowest BCUT2D eigenvalue weighted by molar-refractivity contribution is -0.274. The summed E-state index contributed by atoms with van der Waals surface area (Å²) in [5, 5.41) is 12.9. The zero-order chi connectivity index (χ0) is 33.0. The maximum absolute atomic E-state index is 14.0. The predicted octanol–water partition coefficient (Wildman–Crippen LogP) is 6.55. The fourth-order valence-electron chi connectivity index (χ4n) is 8.94. The average Bonchev–Trinajstić information content (AvgIpc) is 3.37. The molecule has 1 amide bonds. The maximum atomic E-state index is 14.0. The van der Waals surface area contributed by atoms with Crippen LogP contribution < -0.4 is 9.47 Å². The number of hydrogen-bond donors (Lipinski definition) is 1. The molecule has 2 bridgehead atoms. The molecule has 1 saturated carbocycles. The standard InChI is InChI=1S/C38H41F3N2O4/c1-25(2)24-43(33(44)15-14-27-10-6-12-29(22-27)47-38(39,40)41)30-16-18-37(45)32-23-28-11-7-13-31-34(28)36(37,35(30)46-31)19-21-42(32)20-17-26-8-4-3-5-9-26/h3-15,22,25,30,32,35,45H,16-21,23-24H2,1-2H3/t30-,32-,35+,36+,37-/m1/s1. The van der Waals surface area contributed by atoms with Crippen LogP contribution in [0.1, 0.15) is 55.4 Å². The van der Waals surface area contributed by atoms with Crippen molar-refractivity contribution in [2.45, 2.75) is 81.5 Å². The van der Waals surface area contributed by atoms with E-state index in [1.807, 2.05) is 23.1 Å². The predicted molar refractivity (Wildman–Crippen MR) is 173 cm³/mol. The third-order valence-electron chi connectivity index (χ3n) is 10.7. The van der Waals surface area contributed by atoms with Crippen LogP contribution in [0, 0.1) is 5.92 Å². The van der Waals surface area contributed by atoms with E-state index < -0.39 is 23.5 Å². The summed E-state index contributed by atoms with van der Waals surface area (Å²) in [4.78, 5) is 18.4. The van der Waals surface area contributed by atoms with Gasteiger partial charge in [-0.15, -0.1) is 13.2 Å². The minimum absolute atomic E-state index is 0.0618. The summed E-state index contributed by atoms with van der Waals surface area (Å²) < 4.78 is 49.3. The SMILES string of the molecule is CC(C)CN(C(=O)C=Cc1cccc(OC(F)(F)F)c1)[C@@H]1CC[C@@]2(O)[C@H]3Cc4cccc5c4[C@@]2(CCN3CCc2ccccc2)[C@H]1O5. The van der Waals surface area contributed by atoms with E-state index in [0.29, 0.717) is 24.9 Å². The number of hydrogen-bond acceptors (Lipinski definition) is 5. The Morgan fingerprint density at radius 3 is 2.66 bits per heavy atom. The highest BCUT2D eigenvalue weighted by Gasteiger charge is 2.73. The van der Waals surface area contributed by atoms with Crippen molar-refractivity contribution in [1.82, 2.24) is 9.80 Å². The Hall–Kier alpha value is -3.82. The number of alkyl halides is 3. The van der Waals surface area contributed by atoms with Crippen molar-refractivity contribution in [3.8, 4) is 11.5 Å². The molecule has 2 heterocycles. The first-order chi connectivity index (χ1) is 22.5. The lowest BCUT2D eigenvalue weighted by Gasteiger charge is -2.65. The minimum atomic E-state index is -4.80. The van der Waals surface area contributed by atoms with Crippen molar-refractivity contribution >= 4 is 12.0 Å². The highest BCUT2D eigenvalue weighted by atomic mass is 19.4. The largest absolute Gasteiger partial charge is 0.573 e. The van der Waals surface area contributed by atoms with Crippen LogP contribution in [0.15, 0.2) is 78.9 Å². The molecule has 6 nitrogen and oxygen atoms in total. The molecule has 0 unspecified atom stereocenters. The molecule has 0 aromatic heterocycles. The number of halogens is 3. The number of carbonyl (C=O) groups excluding carboxylic acids is 1. The van der Waals surface area contributed by atoms with Crippen LogP contribution in [-0.4, -0.2) is 70.6 Å². The summed E-state index contributed by atoms with van der Waals surface area (Å²) in [5.41, 5.74) is 2.38. The molecule has 7 rings (SSSR count). The number of piperidine rings is 1. The van der Waals surface area contributed by atoms with Gasteiger partial charge in [0.15, 0.2) is 0 Å². The Morgan fingerprint density at radius 1 is 1.11 bits per heavy atom. The zero-order valence-electron chi connectivity index (χ0n) is 26.7. The van der Waals surface area contributed by atoms with E-state index in [4.69, 9.17) is 4.74 Å². The highest BCUT2D eigenvalue weighted by Crippen LogP contribution is 2.64. The number of ether oxygens (including phenoxy) is 2. The lowest BCUT2D eigenvalue weighted by Crippen LogP contribution is -2.78. The first kappa shape index (κ1) is 31.8. The molecule has 5 atom stereocenters. The molecule has 2 aliphatic carbocycles. The van der Waals surface area contributed by atoms with Crippen molar-refractivity contribution in [2.75, 3.05) is 19.6 Å². The number of amides is 1. The van der Waals surface area contributed by atoms with Gasteiger partial charge in [0, 0.05) is 30.8 Å². The average molecular weight is 647 g/mol. The molecule has 1 saturated heterocycles. The number of rotatable bonds is 9. The molecule has 9 heteroatoms. The second-order valence-corrected chi connectivity index (χ2v) is 13.9. The fraction of sp³-hybridized carbons (Fsp3) is 0.447. The van der Waals surface area contributed by atoms with Gasteiger partial charge in [0.05, 0.1) is 17.1 Å². The quantitative estimate of drug-likeness (QED) is 0.268. The van der Waals surface area contributed by atoms with Crippen LogP contribution in [-0.2, 0) is 23.1 Å². The molecule has 47 heavy (non-hydrogen) atoms. The molecule has 1 spiro atoms. The topological polar surface area (TPSA) is 62.2 Å². The zero-order valence-corrected chi connectivity index (χ0v) is 26.7. The third kappa shape index (κ3) is 5.61. The summed E-state index contributed by atoms with van der Waals surface area (Å²) >= 11 is 0. The van der Waals surface area contributed by atoms with E-state index in [1.165, 1.54) is 41.5 Å². The van der Waals surface area contributed by atoms with Gasteiger partial charge in [-0.25, -0.2) is 0 Å². The van der Waals surface area contributed by atoms with Gasteiger partial charge in [-0.3, -0.25) is 9.69 Å². The Bertz CT molecular complexity index is 1660. The van der Waals surface area contributed by atoms with Crippen LogP contribution >= 0.6 is 0 Å². The molecule has 0 radical (unpaired) electrons. The number of benzene rings is 3. The van der Waals surface area contributed by atoms with E-state index in [0.717, 1.165) is 43.7 Å². The molecule has 3 aromatic rings. The van der Waals surface area contributed by atoms with E-state index >= 15 is 0 Å². The number of likely N-dealkylation sites (tertiary alicyclic amines) is 1. The molecule has 2 fully saturated rings. The van der Waals surface area contributed by atoms with Crippen molar-refractivity contribution in [3.05, 3.63) is 101 Å². The van der Waals surface area contributed by atoms with Crippen molar-refractivity contribution in [2.24, 2.45) is 5.92 Å². The lowest BCUT2D eigenvalue weighted by atomic mass is 9.48. The number of carbonyl (C=O) groups is 1. The van der Waals surface area contributed by atoms with Crippen LogP contribution in [0.4, 0.5) is 13.2 Å². The van der Waals surface area contributed by atoms with E-state index in [2.05, 4.69) is 53.8 Å². The Morgan fingerprint density at radius 2 is 1.89 bits per heavy atom. The molecule has 4 aliphatic rings. The van der Waals surface area contributed by atoms with E-state index in [1.54, 1.807) is 6.07 Å². The van der Waals surface area contributed by atoms with E-state index in [9.17, 15) is 23.1 Å². The van der Waals surface area contributed by atoms with Gasteiger partial charge in [0.2, 0.25) is 5.91 Å². The summed E-state index contributed by atoms with van der Waals surface area (Å²) in [6.45, 7) is 6.28. The van der Waals surface area contributed by atoms with Gasteiger partial charge in [0.1, 0.15) is 17.6 Å². The van der Waals surface area contributed by atoms with Gasteiger partial charge in [0.25, 0.3) is 0 Å². The van der Waals surface area contributed by atoms with Crippen molar-refractivity contribution < 1.29 is 32.5 Å². The van der Waals surface area contributed by atoms with Crippen molar-refractivity contribution in [3.63, 3.8) is 0 Å². The molecule has 3 aromatic carbocycles. The second kappa shape index (κ2) is 12.0. The van der Waals surface area contributed by atoms with Crippen LogP contribution in [0.3, 0.4) is 0 Å². The van der Waals surface area contributed by atoms with Gasteiger partial charge >= 0.3 is 6.36 Å². The normalized spacial score (nSPS) is 27.9. The fourth-order valence-corrected chi connectivity index (χ4v) is 8.94. The van der Waals surface area contributed by atoms with Crippen molar-refractivity contribution in [1.29, 1.82) is 0 Å². The van der Waals surface area contributed by atoms with Gasteiger partial charge in [-0.05, 0) is 85.5 Å². The summed E-state index contributed by atoms with van der Waals surface area (Å²) in [5.74, 6) is 0.391. The summed E-state index contributed by atoms with van der Waals surface area (Å²) in [6, 6.07) is 21.9. The molecule has 2 aliphatic heterocycles. The second-order valence-electron chi connectivity index (χ2n) is 13.9. The smallest absolute Gasteiger partial charge is 0.487 e. The van der Waals surface area contributed by atoms with E-state index in [-0.39, 0.29) is 29.7 Å². The summed E-state index contributed by atoms with van der Waals surface area (Å²) in [7, 11) is 0. The molecule has 248 valence electrons. The Labute approximate surface area is 273 Å². The maximum Gasteiger partial charge on any atom is 0.573 e. The first-order valence-electron chi connectivity index (χ1n) is 16.6. The van der Waals surface area contributed by atoms with Crippen LogP contribution in [0.25, 0.3) is 6.08 Å². The Balaban J connectivity index is 1.19. The van der Waals surface area contributed by atoms with Gasteiger partial charge in [-0.2, -0.15) is 0 Å². The summed E-state index contributed by atoms with van der Waals surface area (Å²) in [6.07, 6.45) is 1.25. The Kier molecular flexibility index (Phi) is 8.12. The van der Waals surface area contributed by atoms with Gasteiger partial charge in [-0.1, -0.05) is 68.4 Å². The minimum Gasteiger partial charge on any atom is -0.487 e. The molecular weight excluding hydrogens is 605 g/mol. The van der Waals surface area contributed by atoms with Crippen LogP contribution in [0.5, 0.6) is 11.5 Å². The first-order valence-corrected chi connectivity index (χ1v) is 16.6. The van der Waals surface area contributed by atoms with Crippen LogP contribution in [0.2, 0.25) is 0 Å². The highest BCUT2D eigenvalue weighted by molar-refractivity contribution is 5.92. The number of nitrogens with zero attached hydrogens (tertiary/aromatic N) is 2. The third-order valence-corrected chi connectivity index (χ3v) is 10.7. The number of aliphatic hydroxyl groups is 1. The molecular formula is C38H41F3N2O4. The monoisotopic (exact) mass is 646 g/mol. The molecule has 1 N–H and O–H groups in total.